The van der Waals surface area contributed by atoms with Gasteiger partial charge in [0.1, 0.15) is 12.2 Å². The van der Waals surface area contributed by atoms with Gasteiger partial charge in [0.15, 0.2) is 11.5 Å². The highest BCUT2D eigenvalue weighted by Gasteiger charge is 2.36. The summed E-state index contributed by atoms with van der Waals surface area (Å²) >= 11 is 3.30. The van der Waals surface area contributed by atoms with Crippen LogP contribution in [0.4, 0.5) is 10.5 Å². The summed E-state index contributed by atoms with van der Waals surface area (Å²) in [4.78, 5) is 38.3. The Kier molecular flexibility index (Phi) is 6.13. The third-order valence-corrected chi connectivity index (χ3v) is 4.57. The van der Waals surface area contributed by atoms with Crippen LogP contribution in [0.3, 0.4) is 0 Å². The Morgan fingerprint density at radius 3 is 2.48 bits per heavy atom. The van der Waals surface area contributed by atoms with E-state index in [1.54, 1.807) is 48.5 Å². The van der Waals surface area contributed by atoms with Gasteiger partial charge in [0.25, 0.3) is 11.8 Å². The van der Waals surface area contributed by atoms with Gasteiger partial charge in [-0.2, -0.15) is 0 Å². The molecule has 0 saturated carbocycles. The largest absolute Gasteiger partial charge is 0.493 e. The van der Waals surface area contributed by atoms with E-state index in [2.05, 4.69) is 27.8 Å². The zero-order valence-electron chi connectivity index (χ0n) is 15.5. The molecule has 0 spiro atoms. The lowest BCUT2D eigenvalue weighted by Gasteiger charge is -2.26. The van der Waals surface area contributed by atoms with Crippen LogP contribution in [-0.4, -0.2) is 31.6 Å². The molecule has 0 unspecified atom stereocenters. The van der Waals surface area contributed by atoms with Gasteiger partial charge in [-0.1, -0.05) is 34.7 Å². The fraction of sp³-hybridized carbons (Fsp3) is 0.0952. The normalized spacial score (nSPS) is 15.3. The molecule has 0 bridgehead atoms. The molecule has 1 heterocycles. The van der Waals surface area contributed by atoms with Crippen LogP contribution in [-0.2, 0) is 9.59 Å². The molecule has 0 radical (unpaired) electrons. The Labute approximate surface area is 175 Å². The number of hydrogen-bond donors (Lipinski definition) is 1. The van der Waals surface area contributed by atoms with Gasteiger partial charge in [-0.05, 0) is 48.0 Å². The molecular weight excluding hydrogens is 440 g/mol. The van der Waals surface area contributed by atoms with E-state index in [1.807, 2.05) is 0 Å². The summed E-state index contributed by atoms with van der Waals surface area (Å²) in [5.41, 5.74) is 0.714. The highest BCUT2D eigenvalue weighted by Crippen LogP contribution is 2.30. The number of amides is 4. The molecule has 3 rings (SSSR count). The molecule has 1 aliphatic heterocycles. The number of nitrogens with zero attached hydrogens (tertiary/aromatic N) is 1. The van der Waals surface area contributed by atoms with E-state index in [-0.39, 0.29) is 5.57 Å². The SMILES string of the molecule is C=CCOc1ccc(/C=C2\C(=O)NC(=O)N(c3ccc(Br)cc3)C2=O)cc1OC. The third-order valence-electron chi connectivity index (χ3n) is 4.04. The molecule has 1 N–H and O–H groups in total. The van der Waals surface area contributed by atoms with Crippen LogP contribution in [0.5, 0.6) is 11.5 Å². The van der Waals surface area contributed by atoms with Crippen molar-refractivity contribution in [1.82, 2.24) is 5.32 Å². The monoisotopic (exact) mass is 456 g/mol. The molecule has 1 fully saturated rings. The first-order valence-electron chi connectivity index (χ1n) is 8.53. The minimum Gasteiger partial charge on any atom is -0.493 e. The quantitative estimate of drug-likeness (QED) is 0.407. The lowest BCUT2D eigenvalue weighted by atomic mass is 10.1. The van der Waals surface area contributed by atoms with Crippen LogP contribution in [0.25, 0.3) is 6.08 Å². The van der Waals surface area contributed by atoms with Crippen molar-refractivity contribution in [1.29, 1.82) is 0 Å². The molecular formula is C21H17BrN2O5. The maximum Gasteiger partial charge on any atom is 0.335 e. The number of imide groups is 2. The molecule has 0 atom stereocenters. The first-order valence-corrected chi connectivity index (χ1v) is 9.32. The summed E-state index contributed by atoms with van der Waals surface area (Å²) in [5.74, 6) is -0.544. The number of benzene rings is 2. The van der Waals surface area contributed by atoms with Gasteiger partial charge in [-0.15, -0.1) is 0 Å². The van der Waals surface area contributed by atoms with Crippen molar-refractivity contribution in [3.63, 3.8) is 0 Å². The summed E-state index contributed by atoms with van der Waals surface area (Å²) < 4.78 is 11.6. The van der Waals surface area contributed by atoms with Crippen molar-refractivity contribution in [3.8, 4) is 11.5 Å². The summed E-state index contributed by atoms with van der Waals surface area (Å²) in [6.07, 6.45) is 3.00. The second-order valence-electron chi connectivity index (χ2n) is 5.94. The molecule has 8 heteroatoms. The predicted octanol–water partition coefficient (Wildman–Crippen LogP) is 3.69. The van der Waals surface area contributed by atoms with Gasteiger partial charge < -0.3 is 9.47 Å². The van der Waals surface area contributed by atoms with E-state index >= 15 is 0 Å². The Morgan fingerprint density at radius 1 is 1.10 bits per heavy atom. The number of anilines is 1. The van der Waals surface area contributed by atoms with Crippen LogP contribution < -0.4 is 19.7 Å². The Morgan fingerprint density at radius 2 is 1.83 bits per heavy atom. The summed E-state index contributed by atoms with van der Waals surface area (Å²) in [6.45, 7) is 3.90. The molecule has 0 aromatic heterocycles. The van der Waals surface area contributed by atoms with Gasteiger partial charge in [0.2, 0.25) is 0 Å². The van der Waals surface area contributed by atoms with Crippen LogP contribution in [0.15, 0.2) is 65.2 Å². The van der Waals surface area contributed by atoms with Gasteiger partial charge in [0.05, 0.1) is 12.8 Å². The van der Waals surface area contributed by atoms with E-state index in [9.17, 15) is 14.4 Å². The number of methoxy groups -OCH3 is 1. The van der Waals surface area contributed by atoms with E-state index in [4.69, 9.17) is 9.47 Å². The zero-order chi connectivity index (χ0) is 21.0. The Bertz CT molecular complexity index is 1010. The van der Waals surface area contributed by atoms with Gasteiger partial charge in [-0.25, -0.2) is 9.69 Å². The molecule has 2 aromatic rings. The fourth-order valence-electron chi connectivity index (χ4n) is 2.69. The number of halogens is 1. The van der Waals surface area contributed by atoms with Crippen molar-refractivity contribution >= 4 is 45.5 Å². The molecule has 1 aliphatic rings. The van der Waals surface area contributed by atoms with E-state index in [0.29, 0.717) is 29.4 Å². The van der Waals surface area contributed by atoms with Crippen molar-refractivity contribution < 1.29 is 23.9 Å². The van der Waals surface area contributed by atoms with Crippen molar-refractivity contribution in [2.24, 2.45) is 0 Å². The van der Waals surface area contributed by atoms with Crippen molar-refractivity contribution in [2.45, 2.75) is 0 Å². The molecule has 7 nitrogen and oxygen atoms in total. The second kappa shape index (κ2) is 8.74. The zero-order valence-corrected chi connectivity index (χ0v) is 17.1. The predicted molar refractivity (Wildman–Crippen MR) is 112 cm³/mol. The first kappa shape index (κ1) is 20.3. The lowest BCUT2D eigenvalue weighted by Crippen LogP contribution is -2.54. The number of nitrogens with one attached hydrogen (secondary N) is 1. The molecule has 1 saturated heterocycles. The maximum absolute atomic E-state index is 12.9. The van der Waals surface area contributed by atoms with Gasteiger partial charge in [0, 0.05) is 4.47 Å². The maximum atomic E-state index is 12.9. The van der Waals surface area contributed by atoms with Crippen molar-refractivity contribution in [2.75, 3.05) is 18.6 Å². The topological polar surface area (TPSA) is 84.9 Å². The molecule has 29 heavy (non-hydrogen) atoms. The number of barbiturate groups is 1. The van der Waals surface area contributed by atoms with Gasteiger partial charge in [-0.3, -0.25) is 14.9 Å². The number of ether oxygens (including phenoxy) is 2. The minimum atomic E-state index is -0.801. The number of urea groups is 1. The molecule has 4 amide bonds. The highest BCUT2D eigenvalue weighted by molar-refractivity contribution is 9.10. The van der Waals surface area contributed by atoms with Crippen LogP contribution in [0, 0.1) is 0 Å². The standard InChI is InChI=1S/C21H17BrN2O5/c1-3-10-29-17-9-4-13(12-18(17)28-2)11-16-19(25)23-21(27)24(20(16)26)15-7-5-14(22)6-8-15/h3-9,11-12H,1,10H2,2H3,(H,23,25,27)/b16-11+. The Balaban J connectivity index is 1.96. The average Bonchev–Trinajstić information content (AvgIpc) is 2.71. The smallest absolute Gasteiger partial charge is 0.335 e. The summed E-state index contributed by atoms with van der Waals surface area (Å²) in [5, 5.41) is 2.19. The fourth-order valence-corrected chi connectivity index (χ4v) is 2.96. The molecule has 0 aliphatic carbocycles. The van der Waals surface area contributed by atoms with Crippen LogP contribution >= 0.6 is 15.9 Å². The highest BCUT2D eigenvalue weighted by atomic mass is 79.9. The number of carbonyl (C=O) groups is 3. The van der Waals surface area contributed by atoms with E-state index in [1.165, 1.54) is 13.2 Å². The number of hydrogen-bond acceptors (Lipinski definition) is 5. The number of carbonyl (C=O) groups excluding carboxylic acids is 3. The minimum absolute atomic E-state index is 0.172. The summed E-state index contributed by atoms with van der Waals surface area (Å²) in [7, 11) is 1.49. The number of rotatable bonds is 6. The molecule has 2 aromatic carbocycles. The lowest BCUT2D eigenvalue weighted by molar-refractivity contribution is -0.122. The third kappa shape index (κ3) is 4.38. The molecule has 148 valence electrons. The van der Waals surface area contributed by atoms with Crippen LogP contribution in [0.2, 0.25) is 0 Å². The van der Waals surface area contributed by atoms with E-state index < -0.39 is 17.8 Å². The first-order chi connectivity index (χ1) is 13.9. The van der Waals surface area contributed by atoms with Crippen LogP contribution in [0.1, 0.15) is 5.56 Å². The van der Waals surface area contributed by atoms with Gasteiger partial charge >= 0.3 is 6.03 Å². The average molecular weight is 457 g/mol. The van der Waals surface area contributed by atoms with E-state index in [0.717, 1.165) is 9.37 Å². The van der Waals surface area contributed by atoms with Crippen molar-refractivity contribution in [3.05, 3.63) is 70.7 Å². The second-order valence-corrected chi connectivity index (χ2v) is 6.86. The Hall–Kier alpha value is -3.39. The summed E-state index contributed by atoms with van der Waals surface area (Å²) in [6, 6.07) is 10.8.